The van der Waals surface area contributed by atoms with Crippen LogP contribution in [0.1, 0.15) is 33.1 Å². The van der Waals surface area contributed by atoms with Crippen molar-refractivity contribution in [2.75, 3.05) is 29.9 Å². The van der Waals surface area contributed by atoms with E-state index in [1.54, 1.807) is 0 Å². The van der Waals surface area contributed by atoms with Gasteiger partial charge in [-0.1, -0.05) is 13.8 Å². The first kappa shape index (κ1) is 14.5. The van der Waals surface area contributed by atoms with Crippen molar-refractivity contribution in [2.45, 2.75) is 33.1 Å². The Morgan fingerprint density at radius 3 is 3.00 bits per heavy atom. The highest BCUT2D eigenvalue weighted by Crippen LogP contribution is 2.33. The molecular formula is C13H21N5O2. The molecule has 0 aliphatic carbocycles. The number of anilines is 2. The number of nitrogens with one attached hydrogen (secondary N) is 1. The summed E-state index contributed by atoms with van der Waals surface area (Å²) in [6.45, 7) is 6.46. The topological polar surface area (TPSA) is 84.2 Å². The highest BCUT2D eigenvalue weighted by atomic mass is 16.6. The molecule has 1 saturated heterocycles. The molecule has 1 aliphatic rings. The zero-order valence-electron chi connectivity index (χ0n) is 12.0. The van der Waals surface area contributed by atoms with Crippen LogP contribution < -0.4 is 10.2 Å². The van der Waals surface area contributed by atoms with Crippen LogP contribution in [0.3, 0.4) is 0 Å². The first-order chi connectivity index (χ1) is 9.63. The maximum Gasteiger partial charge on any atom is 0.353 e. The SMILES string of the molecule is CCCNc1ncnc(N2CCCC(C)C2)c1[N+](=O)[O-]. The summed E-state index contributed by atoms with van der Waals surface area (Å²) in [6, 6.07) is 0. The monoisotopic (exact) mass is 279 g/mol. The van der Waals surface area contributed by atoms with Gasteiger partial charge in [0.1, 0.15) is 6.33 Å². The van der Waals surface area contributed by atoms with Crippen molar-refractivity contribution in [3.05, 3.63) is 16.4 Å². The van der Waals surface area contributed by atoms with Crippen LogP contribution in [0.25, 0.3) is 0 Å². The number of hydrogen-bond donors (Lipinski definition) is 1. The Kier molecular flexibility index (Phi) is 4.70. The Morgan fingerprint density at radius 1 is 1.55 bits per heavy atom. The fourth-order valence-corrected chi connectivity index (χ4v) is 2.52. The number of hydrogen-bond acceptors (Lipinski definition) is 6. The average Bonchev–Trinajstić information content (AvgIpc) is 2.44. The molecule has 1 atom stereocenters. The molecule has 2 heterocycles. The molecule has 7 heteroatoms. The summed E-state index contributed by atoms with van der Waals surface area (Å²) in [5, 5.41) is 14.4. The molecular weight excluding hydrogens is 258 g/mol. The molecule has 0 radical (unpaired) electrons. The lowest BCUT2D eigenvalue weighted by Gasteiger charge is -2.31. The summed E-state index contributed by atoms with van der Waals surface area (Å²) in [7, 11) is 0. The molecule has 0 bridgehead atoms. The van der Waals surface area contributed by atoms with E-state index in [9.17, 15) is 10.1 Å². The standard InChI is InChI=1S/C13H21N5O2/c1-3-6-14-12-11(18(19)20)13(16-9-15-12)17-7-4-5-10(2)8-17/h9-10H,3-8H2,1-2H3,(H,14,15,16). The Morgan fingerprint density at radius 2 is 2.35 bits per heavy atom. The Labute approximate surface area is 118 Å². The van der Waals surface area contributed by atoms with Crippen LogP contribution in [0.2, 0.25) is 0 Å². The van der Waals surface area contributed by atoms with Gasteiger partial charge in [-0.2, -0.15) is 0 Å². The van der Waals surface area contributed by atoms with Crippen molar-refractivity contribution in [1.82, 2.24) is 9.97 Å². The van der Waals surface area contributed by atoms with Gasteiger partial charge in [0.25, 0.3) is 0 Å². The summed E-state index contributed by atoms with van der Waals surface area (Å²) in [4.78, 5) is 21.2. The molecule has 0 saturated carbocycles. The summed E-state index contributed by atoms with van der Waals surface area (Å²) in [6.07, 6.45) is 4.49. The van der Waals surface area contributed by atoms with E-state index in [1.807, 2.05) is 11.8 Å². The number of rotatable bonds is 5. The minimum absolute atomic E-state index is 0.00458. The summed E-state index contributed by atoms with van der Waals surface area (Å²) < 4.78 is 0. The summed E-state index contributed by atoms with van der Waals surface area (Å²) in [5.74, 6) is 1.29. The number of nitro groups is 1. The Bertz CT molecular complexity index is 480. The minimum atomic E-state index is -0.382. The normalized spacial score (nSPS) is 18.9. The summed E-state index contributed by atoms with van der Waals surface area (Å²) in [5.41, 5.74) is -0.00458. The van der Waals surface area contributed by atoms with Gasteiger partial charge < -0.3 is 10.2 Å². The van der Waals surface area contributed by atoms with Gasteiger partial charge in [-0.3, -0.25) is 10.1 Å². The molecule has 1 aliphatic heterocycles. The molecule has 0 aromatic carbocycles. The van der Waals surface area contributed by atoms with Crippen LogP contribution in [0.5, 0.6) is 0 Å². The molecule has 20 heavy (non-hydrogen) atoms. The van der Waals surface area contributed by atoms with Crippen molar-refractivity contribution < 1.29 is 4.92 Å². The lowest BCUT2D eigenvalue weighted by atomic mass is 10.0. The van der Waals surface area contributed by atoms with E-state index in [4.69, 9.17) is 0 Å². The lowest BCUT2D eigenvalue weighted by Crippen LogP contribution is -2.35. The van der Waals surface area contributed by atoms with Gasteiger partial charge in [-0.15, -0.1) is 0 Å². The van der Waals surface area contributed by atoms with Crippen LogP contribution in [-0.2, 0) is 0 Å². The van der Waals surface area contributed by atoms with Crippen molar-refractivity contribution in [2.24, 2.45) is 5.92 Å². The third-order valence-electron chi connectivity index (χ3n) is 3.48. The lowest BCUT2D eigenvalue weighted by molar-refractivity contribution is -0.383. The van der Waals surface area contributed by atoms with Gasteiger partial charge in [0, 0.05) is 19.6 Å². The maximum atomic E-state index is 11.4. The Hall–Kier alpha value is -1.92. The van der Waals surface area contributed by atoms with Gasteiger partial charge in [-0.25, -0.2) is 9.97 Å². The molecule has 7 nitrogen and oxygen atoms in total. The van der Waals surface area contributed by atoms with Gasteiger partial charge in [0.05, 0.1) is 4.92 Å². The second kappa shape index (κ2) is 6.49. The zero-order valence-corrected chi connectivity index (χ0v) is 12.0. The average molecular weight is 279 g/mol. The fourth-order valence-electron chi connectivity index (χ4n) is 2.52. The molecule has 1 N–H and O–H groups in total. The smallest absolute Gasteiger partial charge is 0.353 e. The largest absolute Gasteiger partial charge is 0.364 e. The van der Waals surface area contributed by atoms with Crippen LogP contribution in [0, 0.1) is 16.0 Å². The van der Waals surface area contributed by atoms with Gasteiger partial charge in [-0.05, 0) is 25.2 Å². The zero-order chi connectivity index (χ0) is 14.5. The van der Waals surface area contributed by atoms with Gasteiger partial charge in [0.2, 0.25) is 11.6 Å². The quantitative estimate of drug-likeness (QED) is 0.658. The second-order valence-electron chi connectivity index (χ2n) is 5.27. The third-order valence-corrected chi connectivity index (χ3v) is 3.48. The van der Waals surface area contributed by atoms with Crippen LogP contribution in [0.15, 0.2) is 6.33 Å². The van der Waals surface area contributed by atoms with E-state index < -0.39 is 0 Å². The highest BCUT2D eigenvalue weighted by molar-refractivity contribution is 5.70. The Balaban J connectivity index is 2.33. The van der Waals surface area contributed by atoms with E-state index >= 15 is 0 Å². The molecule has 1 aromatic rings. The van der Waals surface area contributed by atoms with Crippen LogP contribution >= 0.6 is 0 Å². The number of piperidine rings is 1. The van der Waals surface area contributed by atoms with Crippen molar-refractivity contribution in [3.63, 3.8) is 0 Å². The van der Waals surface area contributed by atoms with E-state index in [2.05, 4.69) is 22.2 Å². The second-order valence-corrected chi connectivity index (χ2v) is 5.27. The molecule has 0 spiro atoms. The molecule has 0 amide bonds. The predicted octanol–water partition coefficient (Wildman–Crippen LogP) is 2.44. The molecule has 1 fully saturated rings. The predicted molar refractivity (Wildman–Crippen MR) is 78.1 cm³/mol. The van der Waals surface area contributed by atoms with Gasteiger partial charge in [0.15, 0.2) is 0 Å². The molecule has 2 rings (SSSR count). The molecule has 110 valence electrons. The first-order valence-electron chi connectivity index (χ1n) is 7.11. The highest BCUT2D eigenvalue weighted by Gasteiger charge is 2.29. The molecule has 1 unspecified atom stereocenters. The maximum absolute atomic E-state index is 11.4. The number of aromatic nitrogens is 2. The third kappa shape index (κ3) is 3.15. The first-order valence-corrected chi connectivity index (χ1v) is 7.11. The minimum Gasteiger partial charge on any atom is -0.364 e. The van der Waals surface area contributed by atoms with E-state index in [1.165, 1.54) is 6.33 Å². The molecule has 1 aromatic heterocycles. The van der Waals surface area contributed by atoms with Crippen molar-refractivity contribution in [1.29, 1.82) is 0 Å². The van der Waals surface area contributed by atoms with E-state index in [0.717, 1.165) is 32.4 Å². The van der Waals surface area contributed by atoms with Crippen LogP contribution in [-0.4, -0.2) is 34.5 Å². The fraction of sp³-hybridized carbons (Fsp3) is 0.692. The van der Waals surface area contributed by atoms with Gasteiger partial charge >= 0.3 is 5.69 Å². The van der Waals surface area contributed by atoms with E-state index in [0.29, 0.717) is 24.1 Å². The van der Waals surface area contributed by atoms with E-state index in [-0.39, 0.29) is 10.6 Å². The number of nitrogens with zero attached hydrogens (tertiary/aromatic N) is 4. The summed E-state index contributed by atoms with van der Waals surface area (Å²) >= 11 is 0. The van der Waals surface area contributed by atoms with Crippen molar-refractivity contribution >= 4 is 17.3 Å². The van der Waals surface area contributed by atoms with Crippen molar-refractivity contribution in [3.8, 4) is 0 Å². The van der Waals surface area contributed by atoms with Crippen LogP contribution in [0.4, 0.5) is 17.3 Å².